The van der Waals surface area contributed by atoms with Crippen LogP contribution >= 0.6 is 0 Å². The van der Waals surface area contributed by atoms with Crippen LogP contribution in [0.5, 0.6) is 0 Å². The summed E-state index contributed by atoms with van der Waals surface area (Å²) in [6.07, 6.45) is 0.449. The molecule has 0 saturated heterocycles. The third kappa shape index (κ3) is 6.65. The van der Waals surface area contributed by atoms with Crippen molar-refractivity contribution in [3.05, 3.63) is 65.2 Å². The van der Waals surface area contributed by atoms with Gasteiger partial charge in [-0.1, -0.05) is 43.3 Å². The van der Waals surface area contributed by atoms with Crippen LogP contribution in [0.4, 0.5) is 0 Å². The number of amides is 1. The van der Waals surface area contributed by atoms with E-state index >= 15 is 0 Å². The van der Waals surface area contributed by atoms with Crippen LogP contribution in [0.1, 0.15) is 48.7 Å². The molecule has 2 rings (SSSR count). The minimum Gasteiger partial charge on any atom is -0.348 e. The van der Waals surface area contributed by atoms with Crippen LogP contribution in [0.2, 0.25) is 0 Å². The first-order valence-electron chi connectivity index (χ1n) is 9.72. The van der Waals surface area contributed by atoms with Crippen molar-refractivity contribution in [1.29, 1.82) is 0 Å². The monoisotopic (exact) mass is 452 g/mol. The van der Waals surface area contributed by atoms with Gasteiger partial charge in [0, 0.05) is 12.6 Å². The highest BCUT2D eigenvalue weighted by Gasteiger charge is 2.22. The van der Waals surface area contributed by atoms with E-state index in [1.165, 1.54) is 12.1 Å². The first-order valence-corrected chi connectivity index (χ1v) is 13.0. The first kappa shape index (κ1) is 24.0. The fourth-order valence-corrected chi connectivity index (χ4v) is 6.08. The Morgan fingerprint density at radius 3 is 2.17 bits per heavy atom. The lowest BCUT2D eigenvalue weighted by atomic mass is 10.1. The molecule has 0 atom stereocenters. The van der Waals surface area contributed by atoms with Crippen molar-refractivity contribution in [2.75, 3.05) is 5.75 Å². The van der Waals surface area contributed by atoms with Crippen molar-refractivity contribution in [3.8, 4) is 0 Å². The third-order valence-corrected chi connectivity index (χ3v) is 7.75. The first-order chi connectivity index (χ1) is 14.1. The summed E-state index contributed by atoms with van der Waals surface area (Å²) >= 11 is 0. The van der Waals surface area contributed by atoms with Gasteiger partial charge >= 0.3 is 0 Å². The Morgan fingerprint density at radius 2 is 1.53 bits per heavy atom. The fourth-order valence-electron chi connectivity index (χ4n) is 3.05. The molecule has 0 radical (unpaired) electrons. The number of nitrogens with one attached hydrogen (secondary N) is 2. The van der Waals surface area contributed by atoms with E-state index in [9.17, 15) is 21.6 Å². The van der Waals surface area contributed by atoms with Crippen LogP contribution in [-0.4, -0.2) is 34.5 Å². The maximum Gasteiger partial charge on any atom is 0.252 e. The maximum atomic E-state index is 12.7. The lowest BCUT2D eigenvalue weighted by molar-refractivity contribution is 0.0947. The molecule has 164 valence electrons. The van der Waals surface area contributed by atoms with Gasteiger partial charge in [-0.3, -0.25) is 4.79 Å². The second-order valence-corrected chi connectivity index (χ2v) is 11.1. The topological polar surface area (TPSA) is 109 Å². The van der Waals surface area contributed by atoms with E-state index in [4.69, 9.17) is 0 Å². The molecule has 2 aromatic rings. The molecule has 0 aliphatic heterocycles. The molecule has 0 aromatic heterocycles. The van der Waals surface area contributed by atoms with E-state index in [1.54, 1.807) is 57.2 Å². The minimum atomic E-state index is -3.56. The Morgan fingerprint density at radius 1 is 0.933 bits per heavy atom. The summed E-state index contributed by atoms with van der Waals surface area (Å²) in [6, 6.07) is 12.8. The van der Waals surface area contributed by atoms with Crippen molar-refractivity contribution in [2.45, 2.75) is 50.4 Å². The summed E-state index contributed by atoms with van der Waals surface area (Å²) in [4.78, 5) is 12.7. The van der Waals surface area contributed by atoms with Crippen LogP contribution in [0.3, 0.4) is 0 Å². The predicted octanol–water partition coefficient (Wildman–Crippen LogP) is 2.63. The van der Waals surface area contributed by atoms with Gasteiger partial charge in [-0.2, -0.15) is 0 Å². The van der Waals surface area contributed by atoms with Gasteiger partial charge in [-0.15, -0.1) is 0 Å². The van der Waals surface area contributed by atoms with Gasteiger partial charge in [0.25, 0.3) is 5.91 Å². The highest BCUT2D eigenvalue weighted by molar-refractivity contribution is 7.91. The Labute approximate surface area is 178 Å². The molecule has 0 unspecified atom stereocenters. The van der Waals surface area contributed by atoms with Gasteiger partial charge < -0.3 is 5.32 Å². The van der Waals surface area contributed by atoms with E-state index < -0.39 is 25.8 Å². The van der Waals surface area contributed by atoms with Crippen LogP contribution in [-0.2, 0) is 32.2 Å². The zero-order valence-electron chi connectivity index (χ0n) is 17.4. The Hall–Kier alpha value is -2.23. The number of sulfonamides is 1. The quantitative estimate of drug-likeness (QED) is 0.576. The second-order valence-electron chi connectivity index (χ2n) is 7.30. The molecule has 1 amide bonds. The molecule has 0 aliphatic rings. The van der Waals surface area contributed by atoms with Crippen molar-refractivity contribution in [3.63, 3.8) is 0 Å². The fraction of sp³-hybridized carbons (Fsp3) is 0.381. The number of sulfone groups is 1. The van der Waals surface area contributed by atoms with Gasteiger partial charge in [0.15, 0.2) is 9.84 Å². The molecule has 7 nitrogen and oxygen atoms in total. The third-order valence-electron chi connectivity index (χ3n) is 4.26. The summed E-state index contributed by atoms with van der Waals surface area (Å²) in [7, 11) is -7.08. The number of rotatable bonds is 10. The van der Waals surface area contributed by atoms with Crippen molar-refractivity contribution < 1.29 is 21.6 Å². The van der Waals surface area contributed by atoms with Gasteiger partial charge in [-0.25, -0.2) is 21.6 Å². The molecular weight excluding hydrogens is 424 g/mol. The van der Waals surface area contributed by atoms with E-state index in [0.717, 1.165) is 0 Å². The summed E-state index contributed by atoms with van der Waals surface area (Å²) < 4.78 is 52.0. The van der Waals surface area contributed by atoms with Gasteiger partial charge in [0.05, 0.1) is 22.0 Å². The number of hydrogen-bond acceptors (Lipinski definition) is 5. The van der Waals surface area contributed by atoms with E-state index in [-0.39, 0.29) is 34.6 Å². The number of hydrogen-bond donors (Lipinski definition) is 2. The van der Waals surface area contributed by atoms with Crippen molar-refractivity contribution in [2.24, 2.45) is 0 Å². The van der Waals surface area contributed by atoms with E-state index in [0.29, 0.717) is 17.5 Å². The SMILES string of the molecule is CCCS(=O)(=O)c1ccccc1C(=O)NCc1ccccc1CS(=O)(=O)NC(C)C. The number of carbonyl (C=O) groups is 1. The summed E-state index contributed by atoms with van der Waals surface area (Å²) in [6.45, 7) is 5.33. The van der Waals surface area contributed by atoms with Gasteiger partial charge in [-0.05, 0) is 43.5 Å². The largest absolute Gasteiger partial charge is 0.348 e. The highest BCUT2D eigenvalue weighted by atomic mass is 32.2. The second kappa shape index (κ2) is 10.2. The minimum absolute atomic E-state index is 0.00125. The zero-order valence-corrected chi connectivity index (χ0v) is 19.0. The molecule has 9 heteroatoms. The van der Waals surface area contributed by atoms with Crippen LogP contribution < -0.4 is 10.0 Å². The summed E-state index contributed by atoms with van der Waals surface area (Å²) in [5.41, 5.74) is 1.30. The van der Waals surface area contributed by atoms with Gasteiger partial charge in [0.2, 0.25) is 10.0 Å². The Bertz CT molecular complexity index is 1090. The predicted molar refractivity (Wildman–Crippen MR) is 117 cm³/mol. The molecule has 0 bridgehead atoms. The van der Waals surface area contributed by atoms with Crippen LogP contribution in [0, 0.1) is 0 Å². The Balaban J connectivity index is 2.21. The zero-order chi connectivity index (χ0) is 22.4. The maximum absolute atomic E-state index is 12.7. The molecule has 0 fully saturated rings. The lowest BCUT2D eigenvalue weighted by Crippen LogP contribution is -2.32. The lowest BCUT2D eigenvalue weighted by Gasteiger charge is -2.14. The standard InChI is InChI=1S/C21H28N2O5S2/c1-4-13-29(25,26)20-12-8-7-11-19(20)21(24)22-14-17-9-5-6-10-18(17)15-30(27,28)23-16(2)3/h5-12,16,23H,4,13-15H2,1-3H3,(H,22,24). The molecular formula is C21H28N2O5S2. The summed E-state index contributed by atoms with van der Waals surface area (Å²) in [5, 5.41) is 2.72. The van der Waals surface area contributed by atoms with E-state index in [1.807, 2.05) is 0 Å². The molecule has 0 saturated carbocycles. The van der Waals surface area contributed by atoms with E-state index in [2.05, 4.69) is 10.0 Å². The molecule has 30 heavy (non-hydrogen) atoms. The number of benzene rings is 2. The molecule has 0 spiro atoms. The number of carbonyl (C=O) groups excluding carboxylic acids is 1. The average molecular weight is 453 g/mol. The van der Waals surface area contributed by atoms with Crippen LogP contribution in [0.25, 0.3) is 0 Å². The van der Waals surface area contributed by atoms with Crippen LogP contribution in [0.15, 0.2) is 53.4 Å². The molecule has 0 aliphatic carbocycles. The molecule has 2 N–H and O–H groups in total. The molecule has 2 aromatic carbocycles. The smallest absolute Gasteiger partial charge is 0.252 e. The average Bonchev–Trinajstić information content (AvgIpc) is 2.65. The normalized spacial score (nSPS) is 12.1. The van der Waals surface area contributed by atoms with Crippen molar-refractivity contribution >= 4 is 25.8 Å². The highest BCUT2D eigenvalue weighted by Crippen LogP contribution is 2.18. The molecule has 0 heterocycles. The van der Waals surface area contributed by atoms with Gasteiger partial charge in [0.1, 0.15) is 0 Å². The summed E-state index contributed by atoms with van der Waals surface area (Å²) in [5.74, 6) is -0.775. The van der Waals surface area contributed by atoms with Crippen molar-refractivity contribution in [1.82, 2.24) is 10.0 Å². The Kier molecular flexibility index (Phi) is 8.17.